The Bertz CT molecular complexity index is 3060. The minimum Gasteiger partial charge on any atom is -0.208 e. The molecule has 5 aliphatic carbocycles. The Labute approximate surface area is 336 Å². The third-order valence-electron chi connectivity index (χ3n) is 14.3. The molecule has 9 aromatic rings. The zero-order chi connectivity index (χ0) is 37.2. The average molecular weight is 750 g/mol. The van der Waals surface area contributed by atoms with Gasteiger partial charge in [-0.25, -0.2) is 15.0 Å². The molecule has 1 spiro atoms. The molecule has 4 bridgehead atoms. The molecular formula is C53H39N3S. The van der Waals surface area contributed by atoms with E-state index in [0.717, 1.165) is 34.4 Å². The van der Waals surface area contributed by atoms with E-state index in [4.69, 9.17) is 15.0 Å². The molecule has 0 radical (unpaired) electrons. The van der Waals surface area contributed by atoms with E-state index in [-0.39, 0.29) is 5.41 Å². The van der Waals surface area contributed by atoms with E-state index >= 15 is 0 Å². The van der Waals surface area contributed by atoms with Crippen molar-refractivity contribution < 1.29 is 0 Å². The maximum atomic E-state index is 5.29. The van der Waals surface area contributed by atoms with Crippen molar-refractivity contribution in [1.82, 2.24) is 15.0 Å². The first-order chi connectivity index (χ1) is 28.2. The Morgan fingerprint density at radius 2 is 0.965 bits per heavy atom. The molecule has 2 heterocycles. The number of rotatable bonds is 4. The Hall–Kier alpha value is -5.97. The largest absolute Gasteiger partial charge is 0.208 e. The SMILES string of the molecule is c1ccc(-c2nc(-c3ccc(-c4ccc5sc6ccccc6c5c4)cc3)nc(-c3ccc4c(c3)C3(c5cc6ccccc6cc5-4)C4CC5CC(C4)CC3C5)n2)cc1. The lowest BCUT2D eigenvalue weighted by atomic mass is 9.43. The molecule has 57 heavy (non-hydrogen) atoms. The Balaban J connectivity index is 0.948. The van der Waals surface area contributed by atoms with E-state index in [1.165, 1.54) is 90.9 Å². The molecule has 0 saturated heterocycles. The van der Waals surface area contributed by atoms with E-state index in [1.54, 1.807) is 5.56 Å². The molecule has 4 fully saturated rings. The van der Waals surface area contributed by atoms with Crippen molar-refractivity contribution in [3.63, 3.8) is 0 Å². The highest BCUT2D eigenvalue weighted by atomic mass is 32.1. The second-order valence-electron chi connectivity index (χ2n) is 17.2. The molecule has 14 rings (SSSR count). The zero-order valence-corrected chi connectivity index (χ0v) is 32.3. The van der Waals surface area contributed by atoms with Crippen molar-refractivity contribution in [3.8, 4) is 56.4 Å². The molecule has 3 nitrogen and oxygen atoms in total. The third-order valence-corrected chi connectivity index (χ3v) is 15.4. The van der Waals surface area contributed by atoms with Crippen LogP contribution in [0.3, 0.4) is 0 Å². The lowest BCUT2D eigenvalue weighted by molar-refractivity contribution is -0.0398. The lowest BCUT2D eigenvalue weighted by Crippen LogP contribution is -2.55. The van der Waals surface area contributed by atoms with Gasteiger partial charge in [-0.3, -0.25) is 0 Å². The van der Waals surface area contributed by atoms with Crippen LogP contribution in [0.25, 0.3) is 87.4 Å². The summed E-state index contributed by atoms with van der Waals surface area (Å²) < 4.78 is 2.65. The summed E-state index contributed by atoms with van der Waals surface area (Å²) in [6.45, 7) is 0. The monoisotopic (exact) mass is 749 g/mol. The molecule has 4 saturated carbocycles. The summed E-state index contributed by atoms with van der Waals surface area (Å²) in [7, 11) is 0. The van der Waals surface area contributed by atoms with Crippen LogP contribution in [0.15, 0.2) is 152 Å². The van der Waals surface area contributed by atoms with E-state index < -0.39 is 0 Å². The summed E-state index contributed by atoms with van der Waals surface area (Å²) in [5.74, 6) is 5.27. The highest BCUT2D eigenvalue weighted by molar-refractivity contribution is 7.25. The number of fused-ring (bicyclic) bond motifs is 7. The van der Waals surface area contributed by atoms with Gasteiger partial charge < -0.3 is 0 Å². The van der Waals surface area contributed by atoms with Crippen molar-refractivity contribution in [2.75, 3.05) is 0 Å². The maximum Gasteiger partial charge on any atom is 0.164 e. The summed E-state index contributed by atoms with van der Waals surface area (Å²) in [6.07, 6.45) is 6.85. The minimum atomic E-state index is 0.0460. The van der Waals surface area contributed by atoms with Crippen LogP contribution >= 0.6 is 11.3 Å². The molecule has 272 valence electrons. The van der Waals surface area contributed by atoms with Gasteiger partial charge in [0.05, 0.1) is 0 Å². The molecule has 0 atom stereocenters. The van der Waals surface area contributed by atoms with E-state index in [2.05, 4.69) is 146 Å². The fourth-order valence-electron chi connectivity index (χ4n) is 12.1. The van der Waals surface area contributed by atoms with Crippen LogP contribution in [-0.4, -0.2) is 15.0 Å². The molecule has 4 heteroatoms. The van der Waals surface area contributed by atoms with Crippen molar-refractivity contribution in [3.05, 3.63) is 163 Å². The van der Waals surface area contributed by atoms with Crippen molar-refractivity contribution in [1.29, 1.82) is 0 Å². The summed E-state index contributed by atoms with van der Waals surface area (Å²) >= 11 is 1.86. The quantitative estimate of drug-likeness (QED) is 0.180. The number of hydrogen-bond donors (Lipinski definition) is 0. The van der Waals surface area contributed by atoms with Gasteiger partial charge in [0.15, 0.2) is 17.5 Å². The van der Waals surface area contributed by atoms with Crippen LogP contribution < -0.4 is 0 Å². The third kappa shape index (κ3) is 4.74. The number of hydrogen-bond acceptors (Lipinski definition) is 4. The first-order valence-electron chi connectivity index (χ1n) is 20.7. The second kappa shape index (κ2) is 12.0. The molecule has 5 aliphatic rings. The summed E-state index contributed by atoms with van der Waals surface area (Å²) in [5.41, 5.74) is 11.4. The minimum absolute atomic E-state index is 0.0460. The van der Waals surface area contributed by atoms with E-state index in [0.29, 0.717) is 23.5 Å². The van der Waals surface area contributed by atoms with E-state index in [1.807, 2.05) is 17.4 Å². The van der Waals surface area contributed by atoms with Crippen molar-refractivity contribution in [2.45, 2.75) is 37.5 Å². The molecule has 0 aliphatic heterocycles. The fourth-order valence-corrected chi connectivity index (χ4v) is 13.2. The van der Waals surface area contributed by atoms with Gasteiger partial charge in [0.25, 0.3) is 0 Å². The smallest absolute Gasteiger partial charge is 0.164 e. The Morgan fingerprint density at radius 3 is 1.72 bits per heavy atom. The Morgan fingerprint density at radius 1 is 0.404 bits per heavy atom. The predicted molar refractivity (Wildman–Crippen MR) is 235 cm³/mol. The van der Waals surface area contributed by atoms with Crippen LogP contribution in [0.1, 0.15) is 43.2 Å². The van der Waals surface area contributed by atoms with Crippen LogP contribution in [-0.2, 0) is 5.41 Å². The summed E-state index contributed by atoms with van der Waals surface area (Å²) in [4.78, 5) is 15.7. The summed E-state index contributed by atoms with van der Waals surface area (Å²) in [5, 5.41) is 5.32. The average Bonchev–Trinajstić information content (AvgIpc) is 3.77. The number of aromatic nitrogens is 3. The maximum absolute atomic E-state index is 5.29. The first-order valence-corrected chi connectivity index (χ1v) is 21.5. The fraction of sp³-hybridized carbons (Fsp3) is 0.189. The van der Waals surface area contributed by atoms with Crippen molar-refractivity contribution >= 4 is 42.3 Å². The van der Waals surface area contributed by atoms with E-state index in [9.17, 15) is 0 Å². The molecular weight excluding hydrogens is 711 g/mol. The van der Waals surface area contributed by atoms with Gasteiger partial charge in [-0.2, -0.15) is 0 Å². The number of thiophene rings is 1. The normalized spacial score (nSPS) is 22.8. The summed E-state index contributed by atoms with van der Waals surface area (Å²) in [6, 6.07) is 55.9. The second-order valence-corrected chi connectivity index (χ2v) is 18.3. The van der Waals surface area contributed by atoms with Gasteiger partial charge in [0, 0.05) is 42.3 Å². The van der Waals surface area contributed by atoms with Crippen molar-refractivity contribution in [2.24, 2.45) is 23.7 Å². The van der Waals surface area contributed by atoms with Gasteiger partial charge in [0.1, 0.15) is 0 Å². The standard InChI is InChI=1S/C53H39N3S/c1-2-8-34(9-3-1)50-54-51(35-16-14-33(15-17-35)38-19-21-49-45(28-38)43-12-6-7-13-48(43)57-49)56-52(55-50)39-18-20-42-44-27-36-10-4-5-11-37(36)29-47(44)53(46(42)30-39)40-23-31-22-32(25-40)26-41(53)24-31/h1-21,27-32,40-41H,22-26H2. The topological polar surface area (TPSA) is 38.7 Å². The number of nitrogens with zero attached hydrogens (tertiary/aromatic N) is 3. The van der Waals surface area contributed by atoms with Gasteiger partial charge in [-0.05, 0) is 136 Å². The van der Waals surface area contributed by atoms with Gasteiger partial charge in [-0.1, -0.05) is 115 Å². The van der Waals surface area contributed by atoms with Gasteiger partial charge in [-0.15, -0.1) is 11.3 Å². The van der Waals surface area contributed by atoms with Gasteiger partial charge in [0.2, 0.25) is 0 Å². The number of benzene rings is 7. The van der Waals surface area contributed by atoms with Crippen LogP contribution in [0, 0.1) is 23.7 Å². The van der Waals surface area contributed by atoms with Crippen LogP contribution in [0.4, 0.5) is 0 Å². The predicted octanol–water partition coefficient (Wildman–Crippen LogP) is 13.8. The first kappa shape index (κ1) is 32.2. The highest BCUT2D eigenvalue weighted by Gasteiger charge is 2.61. The Kier molecular flexibility index (Phi) is 6.78. The van der Waals surface area contributed by atoms with Gasteiger partial charge >= 0.3 is 0 Å². The zero-order valence-electron chi connectivity index (χ0n) is 31.5. The molecule has 7 aromatic carbocycles. The highest BCUT2D eigenvalue weighted by Crippen LogP contribution is 2.69. The molecule has 0 N–H and O–H groups in total. The lowest BCUT2D eigenvalue weighted by Gasteiger charge is -2.61. The van der Waals surface area contributed by atoms with Crippen LogP contribution in [0.5, 0.6) is 0 Å². The molecule has 0 amide bonds. The molecule has 2 aromatic heterocycles. The van der Waals surface area contributed by atoms with Crippen LogP contribution in [0.2, 0.25) is 0 Å². The molecule has 0 unspecified atom stereocenters.